The van der Waals surface area contributed by atoms with Crippen LogP contribution in [0.25, 0.3) is 0 Å². The molecular formula is C19H17ClN4O3. The molecule has 3 aromatic rings. The molecule has 0 bridgehead atoms. The van der Waals surface area contributed by atoms with Gasteiger partial charge in [0.15, 0.2) is 11.5 Å². The number of nitrogens with zero attached hydrogens (tertiary/aromatic N) is 2. The Balaban J connectivity index is 1.67. The summed E-state index contributed by atoms with van der Waals surface area (Å²) in [6, 6.07) is 15.6. The van der Waals surface area contributed by atoms with Crippen LogP contribution in [0.5, 0.6) is 11.5 Å². The average Bonchev–Trinajstić information content (AvgIpc) is 2.69. The molecule has 7 nitrogen and oxygen atoms in total. The Morgan fingerprint density at radius 2 is 1.81 bits per heavy atom. The number of hydrogen-bond acceptors (Lipinski definition) is 6. The fourth-order valence-electron chi connectivity index (χ4n) is 2.31. The summed E-state index contributed by atoms with van der Waals surface area (Å²) in [4.78, 5) is 12.3. The van der Waals surface area contributed by atoms with E-state index in [0.29, 0.717) is 28.0 Å². The standard InChI is InChI=1S/C19H17ClN4O3/c1-26-14-5-3-4-12(10-14)22-19(25)16-7-9-18(24-23-16)21-13-6-8-17(27-2)15(20)11-13/h3-11H,1-2H3,(H,21,24)(H,22,25). The van der Waals surface area contributed by atoms with E-state index < -0.39 is 0 Å². The third-order valence-corrected chi connectivity index (χ3v) is 3.94. The molecule has 8 heteroatoms. The van der Waals surface area contributed by atoms with E-state index in [0.717, 1.165) is 5.69 Å². The van der Waals surface area contributed by atoms with Crippen LogP contribution in [0.4, 0.5) is 17.2 Å². The van der Waals surface area contributed by atoms with E-state index in [1.165, 1.54) is 0 Å². The number of rotatable bonds is 6. The molecule has 0 atom stereocenters. The Bertz CT molecular complexity index is 948. The zero-order valence-electron chi connectivity index (χ0n) is 14.7. The predicted octanol–water partition coefficient (Wildman–Crippen LogP) is 4.14. The number of carbonyl (C=O) groups is 1. The van der Waals surface area contributed by atoms with Gasteiger partial charge in [-0.3, -0.25) is 4.79 Å². The van der Waals surface area contributed by atoms with Gasteiger partial charge in [0, 0.05) is 17.4 Å². The molecule has 0 aliphatic rings. The minimum Gasteiger partial charge on any atom is -0.497 e. The number of anilines is 3. The summed E-state index contributed by atoms with van der Waals surface area (Å²) in [6.07, 6.45) is 0. The Morgan fingerprint density at radius 1 is 0.963 bits per heavy atom. The van der Waals surface area contributed by atoms with E-state index in [4.69, 9.17) is 21.1 Å². The first-order valence-corrected chi connectivity index (χ1v) is 8.36. The zero-order valence-corrected chi connectivity index (χ0v) is 15.4. The molecule has 0 radical (unpaired) electrons. The van der Waals surface area contributed by atoms with Crippen LogP contribution in [0.3, 0.4) is 0 Å². The predicted molar refractivity (Wildman–Crippen MR) is 104 cm³/mol. The first-order chi connectivity index (χ1) is 13.1. The van der Waals surface area contributed by atoms with Crippen LogP contribution in [-0.4, -0.2) is 30.3 Å². The number of carbonyl (C=O) groups excluding carboxylic acids is 1. The smallest absolute Gasteiger partial charge is 0.276 e. The zero-order chi connectivity index (χ0) is 19.2. The Morgan fingerprint density at radius 3 is 2.48 bits per heavy atom. The number of ether oxygens (including phenoxy) is 2. The van der Waals surface area contributed by atoms with Crippen molar-refractivity contribution in [2.24, 2.45) is 0 Å². The van der Waals surface area contributed by atoms with E-state index >= 15 is 0 Å². The van der Waals surface area contributed by atoms with Gasteiger partial charge >= 0.3 is 0 Å². The van der Waals surface area contributed by atoms with E-state index in [1.54, 1.807) is 68.8 Å². The first-order valence-electron chi connectivity index (χ1n) is 7.99. The highest BCUT2D eigenvalue weighted by Crippen LogP contribution is 2.28. The molecule has 2 N–H and O–H groups in total. The third-order valence-electron chi connectivity index (χ3n) is 3.65. The summed E-state index contributed by atoms with van der Waals surface area (Å²) < 4.78 is 10.2. The molecule has 138 valence electrons. The highest BCUT2D eigenvalue weighted by atomic mass is 35.5. The van der Waals surface area contributed by atoms with Crippen LogP contribution in [0, 0.1) is 0 Å². The Kier molecular flexibility index (Phi) is 5.73. The van der Waals surface area contributed by atoms with Crippen LogP contribution in [0.2, 0.25) is 5.02 Å². The van der Waals surface area contributed by atoms with Gasteiger partial charge in [0.2, 0.25) is 0 Å². The van der Waals surface area contributed by atoms with Crippen molar-refractivity contribution in [1.82, 2.24) is 10.2 Å². The molecule has 0 aliphatic carbocycles. The summed E-state index contributed by atoms with van der Waals surface area (Å²) in [5, 5.41) is 14.3. The van der Waals surface area contributed by atoms with Crippen molar-refractivity contribution in [3.05, 3.63) is 65.3 Å². The van der Waals surface area contributed by atoms with Crippen molar-refractivity contribution < 1.29 is 14.3 Å². The number of amides is 1. The number of halogens is 1. The topological polar surface area (TPSA) is 85.4 Å². The van der Waals surface area contributed by atoms with Crippen molar-refractivity contribution in [3.63, 3.8) is 0 Å². The second-order valence-corrected chi connectivity index (χ2v) is 5.87. The molecule has 0 saturated carbocycles. The molecule has 1 heterocycles. The first kappa shape index (κ1) is 18.5. The summed E-state index contributed by atoms with van der Waals surface area (Å²) >= 11 is 6.10. The highest BCUT2D eigenvalue weighted by molar-refractivity contribution is 6.32. The van der Waals surface area contributed by atoms with Gasteiger partial charge in [-0.25, -0.2) is 0 Å². The Hall–Kier alpha value is -3.32. The lowest BCUT2D eigenvalue weighted by Gasteiger charge is -2.09. The second-order valence-electron chi connectivity index (χ2n) is 5.46. The molecule has 0 spiro atoms. The molecule has 0 aliphatic heterocycles. The molecule has 3 rings (SSSR count). The van der Waals surface area contributed by atoms with Gasteiger partial charge in [0.25, 0.3) is 5.91 Å². The van der Waals surface area contributed by atoms with Crippen molar-refractivity contribution in [2.75, 3.05) is 24.9 Å². The molecule has 0 saturated heterocycles. The normalized spacial score (nSPS) is 10.2. The third kappa shape index (κ3) is 4.65. The van der Waals surface area contributed by atoms with Gasteiger partial charge < -0.3 is 20.1 Å². The maximum Gasteiger partial charge on any atom is 0.276 e. The molecule has 2 aromatic carbocycles. The summed E-state index contributed by atoms with van der Waals surface area (Å²) in [7, 11) is 3.11. The number of aromatic nitrogens is 2. The monoisotopic (exact) mass is 384 g/mol. The molecule has 0 unspecified atom stereocenters. The molecule has 1 amide bonds. The van der Waals surface area contributed by atoms with Gasteiger partial charge in [-0.05, 0) is 42.5 Å². The SMILES string of the molecule is COc1cccc(NC(=O)c2ccc(Nc3ccc(OC)c(Cl)c3)nn2)c1. The van der Waals surface area contributed by atoms with Gasteiger partial charge in [0.1, 0.15) is 11.5 Å². The molecule has 0 fully saturated rings. The van der Waals surface area contributed by atoms with Crippen molar-refractivity contribution in [1.29, 1.82) is 0 Å². The second kappa shape index (κ2) is 8.37. The fourth-order valence-corrected chi connectivity index (χ4v) is 2.57. The van der Waals surface area contributed by atoms with Gasteiger partial charge in [0.05, 0.1) is 19.2 Å². The van der Waals surface area contributed by atoms with Crippen molar-refractivity contribution in [3.8, 4) is 11.5 Å². The minimum absolute atomic E-state index is 0.191. The quantitative estimate of drug-likeness (QED) is 0.664. The van der Waals surface area contributed by atoms with E-state index in [9.17, 15) is 4.79 Å². The molecule has 27 heavy (non-hydrogen) atoms. The van der Waals surface area contributed by atoms with Crippen LogP contribution in [0.1, 0.15) is 10.5 Å². The molecule has 1 aromatic heterocycles. The van der Waals surface area contributed by atoms with E-state index in [-0.39, 0.29) is 11.6 Å². The number of hydrogen-bond donors (Lipinski definition) is 2. The fraction of sp³-hybridized carbons (Fsp3) is 0.105. The number of nitrogens with one attached hydrogen (secondary N) is 2. The minimum atomic E-state index is -0.366. The maximum absolute atomic E-state index is 12.3. The lowest BCUT2D eigenvalue weighted by molar-refractivity contribution is 0.102. The lowest BCUT2D eigenvalue weighted by atomic mass is 10.2. The summed E-state index contributed by atoms with van der Waals surface area (Å²) in [6.45, 7) is 0. The number of benzene rings is 2. The highest BCUT2D eigenvalue weighted by Gasteiger charge is 2.10. The summed E-state index contributed by atoms with van der Waals surface area (Å²) in [5.41, 5.74) is 1.52. The Labute approximate surface area is 161 Å². The largest absolute Gasteiger partial charge is 0.497 e. The van der Waals surface area contributed by atoms with Crippen LogP contribution in [-0.2, 0) is 0 Å². The van der Waals surface area contributed by atoms with E-state index in [1.807, 2.05) is 0 Å². The van der Waals surface area contributed by atoms with Crippen LogP contribution < -0.4 is 20.1 Å². The number of methoxy groups -OCH3 is 2. The van der Waals surface area contributed by atoms with Gasteiger partial charge in [-0.1, -0.05) is 17.7 Å². The van der Waals surface area contributed by atoms with Crippen molar-refractivity contribution >= 4 is 34.7 Å². The van der Waals surface area contributed by atoms with Crippen molar-refractivity contribution in [2.45, 2.75) is 0 Å². The lowest BCUT2D eigenvalue weighted by Crippen LogP contribution is -2.14. The van der Waals surface area contributed by atoms with Gasteiger partial charge in [-0.15, -0.1) is 10.2 Å². The average molecular weight is 385 g/mol. The maximum atomic E-state index is 12.3. The van der Waals surface area contributed by atoms with Crippen LogP contribution >= 0.6 is 11.6 Å². The summed E-state index contributed by atoms with van der Waals surface area (Å²) in [5.74, 6) is 1.35. The molecular weight excluding hydrogens is 368 g/mol. The van der Waals surface area contributed by atoms with Crippen LogP contribution in [0.15, 0.2) is 54.6 Å². The van der Waals surface area contributed by atoms with E-state index in [2.05, 4.69) is 20.8 Å². The van der Waals surface area contributed by atoms with Gasteiger partial charge in [-0.2, -0.15) is 0 Å².